The third-order valence-electron chi connectivity index (χ3n) is 4.04. The predicted octanol–water partition coefficient (Wildman–Crippen LogP) is 3.12. The number of aliphatic hydroxyl groups excluding tert-OH is 1. The molecule has 126 valence electrons. The van der Waals surface area contributed by atoms with Crippen molar-refractivity contribution in [2.75, 3.05) is 18.0 Å². The number of benzene rings is 1. The first kappa shape index (κ1) is 17.3. The average Bonchev–Trinajstić information content (AvgIpc) is 2.52. The summed E-state index contributed by atoms with van der Waals surface area (Å²) in [7, 11) is 0. The van der Waals surface area contributed by atoms with Gasteiger partial charge in [0.05, 0.1) is 0 Å². The highest BCUT2D eigenvalue weighted by molar-refractivity contribution is 5.94. The normalized spacial score (nSPS) is 21.3. The van der Waals surface area contributed by atoms with E-state index in [9.17, 15) is 9.90 Å². The lowest BCUT2D eigenvalue weighted by atomic mass is 9.91. The summed E-state index contributed by atoms with van der Waals surface area (Å²) in [4.78, 5) is 14.4. The molecule has 0 aliphatic carbocycles. The maximum absolute atomic E-state index is 12.6. The molecule has 5 heteroatoms. The molecule has 2 rings (SSSR count). The van der Waals surface area contributed by atoms with Gasteiger partial charge in [0.1, 0.15) is 11.4 Å². The molecule has 1 aromatic rings. The molecule has 0 aromatic heterocycles. The Bertz CT molecular complexity index is 571. The highest BCUT2D eigenvalue weighted by Gasteiger charge is 2.40. The summed E-state index contributed by atoms with van der Waals surface area (Å²) < 4.78 is 5.65. The van der Waals surface area contributed by atoms with Crippen LogP contribution in [0.2, 0.25) is 0 Å². The molecular formula is C18H26N2O3. The van der Waals surface area contributed by atoms with Gasteiger partial charge in [-0.05, 0) is 44.9 Å². The first-order chi connectivity index (χ1) is 11.0. The van der Waals surface area contributed by atoms with Crippen LogP contribution in [-0.2, 0) is 9.53 Å². The van der Waals surface area contributed by atoms with Crippen LogP contribution in [0.15, 0.2) is 41.8 Å². The number of aliphatic hydroxyl groups is 1. The van der Waals surface area contributed by atoms with Crippen LogP contribution in [0.4, 0.5) is 5.69 Å². The highest BCUT2D eigenvalue weighted by atomic mass is 16.6. The van der Waals surface area contributed by atoms with Gasteiger partial charge in [-0.2, -0.15) is 0 Å². The van der Waals surface area contributed by atoms with Crippen LogP contribution in [0.5, 0.6) is 0 Å². The monoisotopic (exact) mass is 318 g/mol. The zero-order valence-electron chi connectivity index (χ0n) is 13.9. The van der Waals surface area contributed by atoms with Gasteiger partial charge < -0.3 is 20.5 Å². The van der Waals surface area contributed by atoms with E-state index in [0.717, 1.165) is 18.5 Å². The molecule has 23 heavy (non-hydrogen) atoms. The molecule has 1 unspecified atom stereocenters. The van der Waals surface area contributed by atoms with E-state index in [1.807, 2.05) is 49.1 Å². The fraction of sp³-hybridized carbons (Fsp3) is 0.500. The molecule has 1 atom stereocenters. The highest BCUT2D eigenvalue weighted by Crippen LogP contribution is 2.35. The van der Waals surface area contributed by atoms with Gasteiger partial charge in [0.25, 0.3) is 0 Å². The van der Waals surface area contributed by atoms with Crippen molar-refractivity contribution in [3.8, 4) is 0 Å². The van der Waals surface area contributed by atoms with E-state index in [1.54, 1.807) is 0 Å². The summed E-state index contributed by atoms with van der Waals surface area (Å²) in [5.74, 6) is -0.372. The Morgan fingerprint density at radius 2 is 2.04 bits per heavy atom. The number of para-hydroxylation sites is 1. The largest absolute Gasteiger partial charge is 0.510 e. The summed E-state index contributed by atoms with van der Waals surface area (Å²) in [6, 6.07) is 9.59. The molecule has 1 aliphatic heterocycles. The van der Waals surface area contributed by atoms with Crippen LogP contribution in [0.1, 0.15) is 39.5 Å². The molecule has 0 bridgehead atoms. The minimum absolute atomic E-state index is 0.0954. The van der Waals surface area contributed by atoms with Crippen LogP contribution in [-0.4, -0.2) is 29.8 Å². The van der Waals surface area contributed by atoms with Crippen LogP contribution in [0.3, 0.4) is 0 Å². The first-order valence-electron chi connectivity index (χ1n) is 8.19. The third kappa shape index (κ3) is 4.05. The van der Waals surface area contributed by atoms with Gasteiger partial charge in [0, 0.05) is 18.7 Å². The maximum Gasteiger partial charge on any atom is 0.359 e. The number of carbonyl (C=O) groups excluding carboxylic acids is 1. The van der Waals surface area contributed by atoms with E-state index in [2.05, 4.69) is 0 Å². The molecule has 0 amide bonds. The van der Waals surface area contributed by atoms with E-state index in [-0.39, 0.29) is 11.5 Å². The quantitative estimate of drug-likeness (QED) is 0.756. The number of esters is 1. The van der Waals surface area contributed by atoms with Crippen molar-refractivity contribution in [2.45, 2.75) is 45.1 Å². The van der Waals surface area contributed by atoms with Gasteiger partial charge in [-0.3, -0.25) is 0 Å². The Hall–Kier alpha value is -2.01. The summed E-state index contributed by atoms with van der Waals surface area (Å²) in [6.45, 7) is 5.06. The van der Waals surface area contributed by atoms with E-state index in [1.165, 1.54) is 0 Å². The van der Waals surface area contributed by atoms with Crippen molar-refractivity contribution in [1.82, 2.24) is 0 Å². The molecule has 0 saturated carbocycles. The number of ether oxygens (including phenoxy) is 1. The van der Waals surface area contributed by atoms with Gasteiger partial charge in [0.15, 0.2) is 5.70 Å². The van der Waals surface area contributed by atoms with Crippen molar-refractivity contribution >= 4 is 11.7 Å². The lowest BCUT2D eigenvalue weighted by Gasteiger charge is -2.37. The summed E-state index contributed by atoms with van der Waals surface area (Å²) in [5, 5.41) is 10.5. The van der Waals surface area contributed by atoms with Gasteiger partial charge in [-0.25, -0.2) is 4.79 Å². The van der Waals surface area contributed by atoms with Gasteiger partial charge >= 0.3 is 5.97 Å². The Labute approximate surface area is 137 Å². The number of nitrogens with zero attached hydrogens (tertiary/aromatic N) is 1. The molecule has 0 spiro atoms. The molecular weight excluding hydrogens is 292 g/mol. The van der Waals surface area contributed by atoms with Gasteiger partial charge in [-0.15, -0.1) is 0 Å². The average molecular weight is 318 g/mol. The Balaban J connectivity index is 2.32. The maximum atomic E-state index is 12.6. The smallest absolute Gasteiger partial charge is 0.359 e. The molecule has 5 nitrogen and oxygen atoms in total. The Morgan fingerprint density at radius 3 is 2.61 bits per heavy atom. The number of anilines is 1. The molecule has 1 aliphatic rings. The van der Waals surface area contributed by atoms with Crippen molar-refractivity contribution in [1.29, 1.82) is 0 Å². The number of hydrogen-bond acceptors (Lipinski definition) is 5. The van der Waals surface area contributed by atoms with Gasteiger partial charge in [0.2, 0.25) is 0 Å². The van der Waals surface area contributed by atoms with Crippen molar-refractivity contribution in [3.63, 3.8) is 0 Å². The number of carbonyl (C=O) groups is 1. The van der Waals surface area contributed by atoms with E-state index < -0.39 is 11.6 Å². The predicted molar refractivity (Wildman–Crippen MR) is 91.1 cm³/mol. The summed E-state index contributed by atoms with van der Waals surface area (Å²) in [6.07, 6.45) is 2.57. The fourth-order valence-corrected chi connectivity index (χ4v) is 2.95. The van der Waals surface area contributed by atoms with Crippen molar-refractivity contribution in [2.24, 2.45) is 5.73 Å². The minimum atomic E-state index is -0.682. The topological polar surface area (TPSA) is 75.8 Å². The molecule has 0 saturated heterocycles. The molecule has 0 radical (unpaired) electrons. The number of cyclic esters (lactones) is 1. The molecule has 1 aromatic carbocycles. The van der Waals surface area contributed by atoms with Crippen molar-refractivity contribution in [3.05, 3.63) is 41.8 Å². The molecule has 3 N–H and O–H groups in total. The zero-order valence-corrected chi connectivity index (χ0v) is 13.9. The molecule has 0 fully saturated rings. The Morgan fingerprint density at radius 1 is 1.35 bits per heavy atom. The van der Waals surface area contributed by atoms with Crippen LogP contribution in [0, 0.1) is 0 Å². The third-order valence-corrected chi connectivity index (χ3v) is 4.04. The zero-order chi connectivity index (χ0) is 16.9. The van der Waals surface area contributed by atoms with Gasteiger partial charge in [-0.1, -0.05) is 25.1 Å². The SMILES string of the molecule is CCCN(C1=C(O)CC(C)(CCCN)OC1=O)c1ccccc1. The minimum Gasteiger partial charge on any atom is -0.510 e. The van der Waals surface area contributed by atoms with E-state index >= 15 is 0 Å². The number of nitrogens with two attached hydrogens (primary N) is 1. The van der Waals surface area contributed by atoms with Crippen LogP contribution in [0.25, 0.3) is 0 Å². The summed E-state index contributed by atoms with van der Waals surface area (Å²) in [5.41, 5.74) is 5.99. The second kappa shape index (κ2) is 7.51. The molecule has 1 heterocycles. The number of hydrogen-bond donors (Lipinski definition) is 2. The standard InChI is InChI=1S/C18H26N2O3/c1-3-12-20(14-8-5-4-6-9-14)16-15(21)13-18(2,10-7-11-19)23-17(16)22/h4-6,8-9,21H,3,7,10-13,19H2,1-2H3. The second-order valence-corrected chi connectivity index (χ2v) is 6.19. The van der Waals surface area contributed by atoms with E-state index in [4.69, 9.17) is 10.5 Å². The number of rotatable bonds is 7. The van der Waals surface area contributed by atoms with Crippen LogP contribution < -0.4 is 10.6 Å². The lowest BCUT2D eigenvalue weighted by Crippen LogP contribution is -2.42. The Kier molecular flexibility index (Phi) is 5.66. The summed E-state index contributed by atoms with van der Waals surface area (Å²) >= 11 is 0. The fourth-order valence-electron chi connectivity index (χ4n) is 2.95. The van der Waals surface area contributed by atoms with Crippen molar-refractivity contribution < 1.29 is 14.6 Å². The lowest BCUT2D eigenvalue weighted by molar-refractivity contribution is -0.157. The first-order valence-corrected chi connectivity index (χ1v) is 8.19. The second-order valence-electron chi connectivity index (χ2n) is 6.19. The van der Waals surface area contributed by atoms with Crippen LogP contribution >= 0.6 is 0 Å². The van der Waals surface area contributed by atoms with E-state index in [0.29, 0.717) is 25.9 Å².